The van der Waals surface area contributed by atoms with E-state index in [1.807, 2.05) is 30.8 Å². The molecule has 1 aromatic rings. The summed E-state index contributed by atoms with van der Waals surface area (Å²) >= 11 is 1.89. The highest BCUT2D eigenvalue weighted by atomic mass is 32.2. The molecule has 1 aromatic heterocycles. The van der Waals surface area contributed by atoms with Crippen LogP contribution in [-0.4, -0.2) is 70.0 Å². The summed E-state index contributed by atoms with van der Waals surface area (Å²) in [5.74, 6) is 2.09. The smallest absolute Gasteiger partial charge is 0.328 e. The molecular formula is C15H24N4O3S. The van der Waals surface area contributed by atoms with Crippen molar-refractivity contribution >= 4 is 17.7 Å². The van der Waals surface area contributed by atoms with Gasteiger partial charge in [0.1, 0.15) is 0 Å². The fourth-order valence-corrected chi connectivity index (χ4v) is 3.77. The molecule has 0 saturated carbocycles. The van der Waals surface area contributed by atoms with Crippen LogP contribution in [0.5, 0.6) is 0 Å². The highest BCUT2D eigenvalue weighted by molar-refractivity contribution is 7.99. The second-order valence-electron chi connectivity index (χ2n) is 5.99. The van der Waals surface area contributed by atoms with Crippen molar-refractivity contribution in [2.45, 2.75) is 25.4 Å². The van der Waals surface area contributed by atoms with Gasteiger partial charge in [0.05, 0.1) is 6.04 Å². The number of aromatic amines is 1. The maximum Gasteiger partial charge on any atom is 0.328 e. The molecule has 1 fully saturated rings. The molecule has 1 saturated heterocycles. The van der Waals surface area contributed by atoms with Crippen LogP contribution in [0.2, 0.25) is 0 Å². The molecule has 23 heavy (non-hydrogen) atoms. The minimum Gasteiger partial charge on any atom is -0.338 e. The molecule has 1 atom stereocenters. The lowest BCUT2D eigenvalue weighted by atomic mass is 10.2. The standard InChI is InChI=1S/C15H24N4O3S/c1-17(2)10-12-11-23-9-3-6-19(12)14(21)5-8-18-7-4-13(20)16-15(18)22/h4,7,12H,3,5-6,8-11H2,1-2H3,(H,16,20,22). The number of likely N-dealkylation sites (N-methyl/N-ethyl adjacent to an activating group) is 1. The van der Waals surface area contributed by atoms with Crippen LogP contribution in [-0.2, 0) is 11.3 Å². The Morgan fingerprint density at radius 3 is 2.91 bits per heavy atom. The lowest BCUT2D eigenvalue weighted by Gasteiger charge is -2.31. The van der Waals surface area contributed by atoms with E-state index >= 15 is 0 Å². The minimum atomic E-state index is -0.471. The number of H-pyrrole nitrogens is 1. The van der Waals surface area contributed by atoms with Crippen LogP contribution in [0.25, 0.3) is 0 Å². The van der Waals surface area contributed by atoms with E-state index in [0.717, 1.165) is 31.0 Å². The second kappa shape index (κ2) is 8.35. The summed E-state index contributed by atoms with van der Waals surface area (Å²) in [6.45, 7) is 1.90. The Labute approximate surface area is 139 Å². The number of hydrogen-bond acceptors (Lipinski definition) is 5. The zero-order valence-electron chi connectivity index (χ0n) is 13.7. The molecule has 0 spiro atoms. The van der Waals surface area contributed by atoms with Gasteiger partial charge in [0, 0.05) is 44.1 Å². The van der Waals surface area contributed by atoms with E-state index < -0.39 is 11.2 Å². The number of nitrogens with one attached hydrogen (secondary N) is 1. The Morgan fingerprint density at radius 2 is 2.22 bits per heavy atom. The third-order valence-electron chi connectivity index (χ3n) is 3.80. The first-order valence-electron chi connectivity index (χ1n) is 7.79. The van der Waals surface area contributed by atoms with Gasteiger partial charge >= 0.3 is 5.69 Å². The number of aryl methyl sites for hydroxylation is 1. The van der Waals surface area contributed by atoms with Gasteiger partial charge in [-0.2, -0.15) is 11.8 Å². The van der Waals surface area contributed by atoms with Gasteiger partial charge in [-0.05, 0) is 26.3 Å². The molecule has 8 heteroatoms. The van der Waals surface area contributed by atoms with Crippen LogP contribution in [0, 0.1) is 0 Å². The Balaban J connectivity index is 2.01. The van der Waals surface area contributed by atoms with Gasteiger partial charge in [0.15, 0.2) is 0 Å². The van der Waals surface area contributed by atoms with E-state index in [1.165, 1.54) is 16.8 Å². The fourth-order valence-electron chi connectivity index (χ4n) is 2.71. The molecule has 0 bridgehead atoms. The van der Waals surface area contributed by atoms with Gasteiger partial charge in [-0.25, -0.2) is 4.79 Å². The summed E-state index contributed by atoms with van der Waals surface area (Å²) in [6.07, 6.45) is 2.70. The summed E-state index contributed by atoms with van der Waals surface area (Å²) in [5.41, 5.74) is -0.894. The molecule has 0 radical (unpaired) electrons. The second-order valence-corrected chi connectivity index (χ2v) is 7.14. The number of carbonyl (C=O) groups excluding carboxylic acids is 1. The van der Waals surface area contributed by atoms with Crippen LogP contribution < -0.4 is 11.2 Å². The zero-order valence-corrected chi connectivity index (χ0v) is 14.5. The van der Waals surface area contributed by atoms with Crippen molar-refractivity contribution in [3.8, 4) is 0 Å². The summed E-state index contributed by atoms with van der Waals surface area (Å²) in [7, 11) is 4.02. The fraction of sp³-hybridized carbons (Fsp3) is 0.667. The lowest BCUT2D eigenvalue weighted by Crippen LogP contribution is -2.47. The SMILES string of the molecule is CN(C)CC1CSCCCN1C(=O)CCn1ccc(=O)[nH]c1=O. The maximum atomic E-state index is 12.6. The molecule has 1 aliphatic heterocycles. The van der Waals surface area contributed by atoms with Crippen LogP contribution >= 0.6 is 11.8 Å². The molecular weight excluding hydrogens is 316 g/mol. The van der Waals surface area contributed by atoms with E-state index in [1.54, 1.807) is 0 Å². The molecule has 2 heterocycles. The van der Waals surface area contributed by atoms with E-state index in [4.69, 9.17) is 0 Å². The van der Waals surface area contributed by atoms with Crippen LogP contribution in [0.1, 0.15) is 12.8 Å². The van der Waals surface area contributed by atoms with Crippen LogP contribution in [0.3, 0.4) is 0 Å². The van der Waals surface area contributed by atoms with E-state index in [-0.39, 0.29) is 24.9 Å². The predicted octanol–water partition coefficient (Wildman–Crippen LogP) is -0.178. The third kappa shape index (κ3) is 5.24. The number of amides is 1. The summed E-state index contributed by atoms with van der Waals surface area (Å²) in [4.78, 5) is 41.6. The zero-order chi connectivity index (χ0) is 16.8. The third-order valence-corrected chi connectivity index (χ3v) is 5.00. The average Bonchev–Trinajstić information content (AvgIpc) is 2.71. The molecule has 1 N–H and O–H groups in total. The van der Waals surface area contributed by atoms with Gasteiger partial charge in [-0.15, -0.1) is 0 Å². The monoisotopic (exact) mass is 340 g/mol. The topological polar surface area (TPSA) is 78.4 Å². The van der Waals surface area contributed by atoms with E-state index in [9.17, 15) is 14.4 Å². The number of aromatic nitrogens is 2. The van der Waals surface area contributed by atoms with Gasteiger partial charge in [0.2, 0.25) is 5.91 Å². The highest BCUT2D eigenvalue weighted by Crippen LogP contribution is 2.18. The average molecular weight is 340 g/mol. The number of hydrogen-bond donors (Lipinski definition) is 1. The molecule has 1 aliphatic rings. The molecule has 7 nitrogen and oxygen atoms in total. The van der Waals surface area contributed by atoms with Crippen molar-refractivity contribution in [3.63, 3.8) is 0 Å². The normalized spacial score (nSPS) is 18.9. The molecule has 1 unspecified atom stereocenters. The van der Waals surface area contributed by atoms with Gasteiger partial charge in [-0.1, -0.05) is 0 Å². The van der Waals surface area contributed by atoms with Crippen molar-refractivity contribution < 1.29 is 4.79 Å². The lowest BCUT2D eigenvalue weighted by molar-refractivity contribution is -0.133. The maximum absolute atomic E-state index is 12.6. The molecule has 0 aliphatic carbocycles. The van der Waals surface area contributed by atoms with Crippen molar-refractivity contribution in [1.82, 2.24) is 19.4 Å². The number of thioether (sulfide) groups is 1. The first kappa shape index (κ1) is 17.8. The molecule has 128 valence electrons. The Bertz CT molecular complexity index is 640. The number of nitrogens with zero attached hydrogens (tertiary/aromatic N) is 3. The van der Waals surface area contributed by atoms with E-state index in [2.05, 4.69) is 9.88 Å². The quantitative estimate of drug-likeness (QED) is 0.805. The molecule has 0 aromatic carbocycles. The van der Waals surface area contributed by atoms with Crippen LogP contribution in [0.4, 0.5) is 0 Å². The number of carbonyl (C=O) groups is 1. The number of rotatable bonds is 5. The van der Waals surface area contributed by atoms with Gasteiger partial charge in [-0.3, -0.25) is 14.6 Å². The van der Waals surface area contributed by atoms with Gasteiger partial charge < -0.3 is 14.4 Å². The molecule has 2 rings (SSSR count). The van der Waals surface area contributed by atoms with Crippen molar-refractivity contribution in [2.24, 2.45) is 0 Å². The largest absolute Gasteiger partial charge is 0.338 e. The first-order chi connectivity index (χ1) is 11.0. The first-order valence-corrected chi connectivity index (χ1v) is 8.94. The Kier molecular flexibility index (Phi) is 6.47. The molecule has 1 amide bonds. The predicted molar refractivity (Wildman–Crippen MR) is 91.9 cm³/mol. The van der Waals surface area contributed by atoms with Crippen LogP contribution in [0.15, 0.2) is 21.9 Å². The van der Waals surface area contributed by atoms with Gasteiger partial charge in [0.25, 0.3) is 5.56 Å². The van der Waals surface area contributed by atoms with E-state index in [0.29, 0.717) is 0 Å². The minimum absolute atomic E-state index is 0.0671. The van der Waals surface area contributed by atoms with Crippen molar-refractivity contribution in [1.29, 1.82) is 0 Å². The summed E-state index contributed by atoms with van der Waals surface area (Å²) in [6, 6.07) is 1.50. The highest BCUT2D eigenvalue weighted by Gasteiger charge is 2.25. The Morgan fingerprint density at radius 1 is 1.43 bits per heavy atom. The van der Waals surface area contributed by atoms with Crippen molar-refractivity contribution in [3.05, 3.63) is 33.1 Å². The summed E-state index contributed by atoms with van der Waals surface area (Å²) < 4.78 is 1.37. The Hall–Kier alpha value is -1.54. The summed E-state index contributed by atoms with van der Waals surface area (Å²) in [5, 5.41) is 0. The van der Waals surface area contributed by atoms with Crippen molar-refractivity contribution in [2.75, 3.05) is 38.7 Å².